The molecule has 8 nitrogen and oxygen atoms in total. The van der Waals surface area contributed by atoms with E-state index in [2.05, 4.69) is 5.32 Å². The lowest BCUT2D eigenvalue weighted by atomic mass is 10.2. The second-order valence-corrected chi connectivity index (χ2v) is 6.60. The van der Waals surface area contributed by atoms with Crippen molar-refractivity contribution in [2.75, 3.05) is 18.5 Å². The predicted molar refractivity (Wildman–Crippen MR) is 110 cm³/mol. The molecule has 30 heavy (non-hydrogen) atoms. The third kappa shape index (κ3) is 5.60. The average molecular weight is 410 g/mol. The summed E-state index contributed by atoms with van der Waals surface area (Å²) in [6.07, 6.45) is 2.61. The molecule has 1 aliphatic rings. The Hall–Kier alpha value is -3.81. The van der Waals surface area contributed by atoms with Gasteiger partial charge in [0.1, 0.15) is 0 Å². The number of hydrogen-bond donors (Lipinski definition) is 2. The molecule has 0 unspecified atom stereocenters. The number of primary amides is 1. The number of nitrogens with one attached hydrogen (secondary N) is 1. The zero-order chi connectivity index (χ0) is 21.5. The molecule has 0 aliphatic carbocycles. The van der Waals surface area contributed by atoms with Gasteiger partial charge in [-0.05, 0) is 55.0 Å². The Morgan fingerprint density at radius 3 is 2.47 bits per heavy atom. The maximum absolute atomic E-state index is 12.2. The topological polar surface area (TPSA) is 117 Å². The van der Waals surface area contributed by atoms with Crippen LogP contribution in [0, 0.1) is 0 Å². The zero-order valence-electron chi connectivity index (χ0n) is 16.4. The van der Waals surface area contributed by atoms with Crippen LogP contribution in [0.4, 0.5) is 5.69 Å². The van der Waals surface area contributed by atoms with Crippen LogP contribution in [-0.2, 0) is 14.3 Å². The third-order valence-electron chi connectivity index (χ3n) is 4.28. The van der Waals surface area contributed by atoms with Crippen LogP contribution in [0.3, 0.4) is 0 Å². The number of carbonyl (C=O) groups is 3. The van der Waals surface area contributed by atoms with Crippen LogP contribution in [0.15, 0.2) is 48.5 Å². The quantitative estimate of drug-likeness (QED) is 0.558. The van der Waals surface area contributed by atoms with E-state index in [9.17, 15) is 14.4 Å². The molecule has 2 aromatic rings. The van der Waals surface area contributed by atoms with Gasteiger partial charge in [-0.25, -0.2) is 4.79 Å². The highest BCUT2D eigenvalue weighted by Gasteiger charge is 2.17. The second kappa shape index (κ2) is 9.60. The number of esters is 1. The maximum Gasteiger partial charge on any atom is 0.331 e. The van der Waals surface area contributed by atoms with E-state index >= 15 is 0 Å². The van der Waals surface area contributed by atoms with Crippen LogP contribution in [-0.4, -0.2) is 37.1 Å². The summed E-state index contributed by atoms with van der Waals surface area (Å²) in [5, 5.41) is 2.60. The first kappa shape index (κ1) is 20.9. The number of ether oxygens (including phenoxy) is 3. The minimum atomic E-state index is -1.01. The minimum Gasteiger partial charge on any atom is -0.490 e. The van der Waals surface area contributed by atoms with Gasteiger partial charge >= 0.3 is 5.97 Å². The number of hydrogen-bond acceptors (Lipinski definition) is 6. The summed E-state index contributed by atoms with van der Waals surface area (Å²) >= 11 is 0. The van der Waals surface area contributed by atoms with Gasteiger partial charge < -0.3 is 25.3 Å². The van der Waals surface area contributed by atoms with Gasteiger partial charge in [-0.15, -0.1) is 0 Å². The fourth-order valence-corrected chi connectivity index (χ4v) is 2.68. The monoisotopic (exact) mass is 410 g/mol. The minimum absolute atomic E-state index is 0.326. The van der Waals surface area contributed by atoms with Crippen LogP contribution in [0.25, 0.3) is 6.08 Å². The molecular weight excluding hydrogens is 388 g/mol. The number of carbonyl (C=O) groups excluding carboxylic acids is 3. The van der Waals surface area contributed by atoms with E-state index in [0.29, 0.717) is 36.0 Å². The lowest BCUT2D eigenvalue weighted by Crippen LogP contribution is -2.29. The van der Waals surface area contributed by atoms with Crippen molar-refractivity contribution < 1.29 is 28.6 Å². The van der Waals surface area contributed by atoms with Gasteiger partial charge in [0.25, 0.3) is 5.91 Å². The van der Waals surface area contributed by atoms with Crippen molar-refractivity contribution in [2.45, 2.75) is 19.4 Å². The Balaban J connectivity index is 1.54. The fraction of sp³-hybridized carbons (Fsp3) is 0.227. The highest BCUT2D eigenvalue weighted by molar-refractivity contribution is 5.97. The van der Waals surface area contributed by atoms with E-state index in [1.54, 1.807) is 24.3 Å². The van der Waals surface area contributed by atoms with E-state index in [1.165, 1.54) is 37.3 Å². The number of rotatable bonds is 6. The molecule has 156 valence electrons. The Morgan fingerprint density at radius 2 is 1.77 bits per heavy atom. The Morgan fingerprint density at radius 1 is 1.07 bits per heavy atom. The molecular formula is C22H22N2O6. The highest BCUT2D eigenvalue weighted by atomic mass is 16.5. The van der Waals surface area contributed by atoms with E-state index in [4.69, 9.17) is 19.9 Å². The van der Waals surface area contributed by atoms with Crippen molar-refractivity contribution in [3.05, 3.63) is 59.7 Å². The summed E-state index contributed by atoms with van der Waals surface area (Å²) in [5.74, 6) is -0.428. The Kier molecular flexibility index (Phi) is 6.69. The second-order valence-electron chi connectivity index (χ2n) is 6.60. The van der Waals surface area contributed by atoms with Crippen molar-refractivity contribution in [3.63, 3.8) is 0 Å². The molecule has 0 fully saturated rings. The largest absolute Gasteiger partial charge is 0.490 e. The molecule has 0 aromatic heterocycles. The van der Waals surface area contributed by atoms with Crippen molar-refractivity contribution in [2.24, 2.45) is 5.73 Å². The van der Waals surface area contributed by atoms with Crippen LogP contribution >= 0.6 is 0 Å². The smallest absolute Gasteiger partial charge is 0.331 e. The molecule has 2 amide bonds. The summed E-state index contributed by atoms with van der Waals surface area (Å²) in [5.41, 5.74) is 6.70. The van der Waals surface area contributed by atoms with Crippen molar-refractivity contribution in [3.8, 4) is 11.5 Å². The molecule has 1 atom stereocenters. The number of amides is 2. The van der Waals surface area contributed by atoms with Gasteiger partial charge in [0.15, 0.2) is 17.6 Å². The first-order chi connectivity index (χ1) is 14.4. The van der Waals surface area contributed by atoms with Gasteiger partial charge in [0, 0.05) is 23.7 Å². The fourth-order valence-electron chi connectivity index (χ4n) is 2.68. The van der Waals surface area contributed by atoms with Crippen molar-refractivity contribution >= 4 is 29.5 Å². The first-order valence-corrected chi connectivity index (χ1v) is 9.41. The SMILES string of the molecule is C[C@H](OC(=O)/C=C/c1ccc2c(c1)OCCCO2)C(=O)Nc1ccc(C(N)=O)cc1. The van der Waals surface area contributed by atoms with Crippen molar-refractivity contribution in [1.82, 2.24) is 0 Å². The molecule has 0 saturated carbocycles. The van der Waals surface area contributed by atoms with Gasteiger partial charge in [0.05, 0.1) is 13.2 Å². The molecule has 3 N–H and O–H groups in total. The van der Waals surface area contributed by atoms with E-state index in [0.717, 1.165) is 12.0 Å². The number of benzene rings is 2. The average Bonchev–Trinajstić information content (AvgIpc) is 2.97. The van der Waals surface area contributed by atoms with E-state index < -0.39 is 23.9 Å². The highest BCUT2D eigenvalue weighted by Crippen LogP contribution is 2.30. The van der Waals surface area contributed by atoms with Gasteiger partial charge in [-0.3, -0.25) is 9.59 Å². The molecule has 0 saturated heterocycles. The number of fused-ring (bicyclic) bond motifs is 1. The van der Waals surface area contributed by atoms with Gasteiger partial charge in [0.2, 0.25) is 5.91 Å². The summed E-state index contributed by atoms with van der Waals surface area (Å²) in [6, 6.07) is 11.4. The molecule has 8 heteroatoms. The van der Waals surface area contributed by atoms with E-state index in [1.807, 2.05) is 0 Å². The summed E-state index contributed by atoms with van der Waals surface area (Å²) < 4.78 is 16.3. The molecule has 2 aromatic carbocycles. The zero-order valence-corrected chi connectivity index (χ0v) is 16.4. The summed E-state index contributed by atoms with van der Waals surface area (Å²) in [7, 11) is 0. The standard InChI is InChI=1S/C22H22N2O6/c1-14(22(27)24-17-7-5-16(6-8-17)21(23)26)30-20(25)10-4-15-3-9-18-19(13-15)29-12-2-11-28-18/h3-10,13-14H,2,11-12H2,1H3,(H2,23,26)(H,24,27)/b10-4+/t14-/m0/s1. The number of anilines is 1. The molecule has 0 bridgehead atoms. The summed E-state index contributed by atoms with van der Waals surface area (Å²) in [4.78, 5) is 35.3. The molecule has 3 rings (SSSR count). The number of nitrogens with two attached hydrogens (primary N) is 1. The van der Waals surface area contributed by atoms with Crippen LogP contribution in [0.1, 0.15) is 29.3 Å². The normalized spacial score (nSPS) is 13.9. The van der Waals surface area contributed by atoms with Gasteiger partial charge in [-0.2, -0.15) is 0 Å². The molecule has 0 spiro atoms. The molecule has 1 aliphatic heterocycles. The Bertz CT molecular complexity index is 968. The maximum atomic E-state index is 12.2. The molecule has 1 heterocycles. The first-order valence-electron chi connectivity index (χ1n) is 9.41. The van der Waals surface area contributed by atoms with Gasteiger partial charge in [-0.1, -0.05) is 6.07 Å². The van der Waals surface area contributed by atoms with Crippen LogP contribution < -0.4 is 20.5 Å². The summed E-state index contributed by atoms with van der Waals surface area (Å²) in [6.45, 7) is 2.64. The Labute approximate surface area is 173 Å². The third-order valence-corrected chi connectivity index (χ3v) is 4.28. The van der Waals surface area contributed by atoms with Crippen LogP contribution in [0.5, 0.6) is 11.5 Å². The van der Waals surface area contributed by atoms with Crippen LogP contribution in [0.2, 0.25) is 0 Å². The molecule has 0 radical (unpaired) electrons. The predicted octanol–water partition coefficient (Wildman–Crippen LogP) is 2.53. The lowest BCUT2D eigenvalue weighted by Gasteiger charge is -2.12. The lowest BCUT2D eigenvalue weighted by molar-refractivity contribution is -0.148. The van der Waals surface area contributed by atoms with Crippen molar-refractivity contribution in [1.29, 1.82) is 0 Å². The van der Waals surface area contributed by atoms with E-state index in [-0.39, 0.29) is 0 Å².